The van der Waals surface area contributed by atoms with Crippen LogP contribution >= 0.6 is 0 Å². The summed E-state index contributed by atoms with van der Waals surface area (Å²) < 4.78 is 13.1. The maximum absolute atomic E-state index is 13.7. The summed E-state index contributed by atoms with van der Waals surface area (Å²) in [7, 11) is 0. The lowest BCUT2D eigenvalue weighted by Crippen LogP contribution is -2.31. The van der Waals surface area contributed by atoms with Crippen molar-refractivity contribution in [2.75, 3.05) is 18.9 Å². The summed E-state index contributed by atoms with van der Waals surface area (Å²) >= 11 is 0. The fourth-order valence-corrected chi connectivity index (χ4v) is 4.45. The summed E-state index contributed by atoms with van der Waals surface area (Å²) in [6.07, 6.45) is 2.43. The van der Waals surface area contributed by atoms with Crippen molar-refractivity contribution in [1.29, 1.82) is 0 Å². The molecule has 0 amide bonds. The highest BCUT2D eigenvalue weighted by atomic mass is 16.6. The average Bonchev–Trinajstić information content (AvgIpc) is 2.74. The zero-order chi connectivity index (χ0) is 20.8. The van der Waals surface area contributed by atoms with Gasteiger partial charge in [0.2, 0.25) is 5.95 Å². The summed E-state index contributed by atoms with van der Waals surface area (Å²) in [5.41, 5.74) is 8.37. The van der Waals surface area contributed by atoms with Crippen molar-refractivity contribution in [3.63, 3.8) is 0 Å². The van der Waals surface area contributed by atoms with Crippen molar-refractivity contribution in [2.24, 2.45) is 0 Å². The van der Waals surface area contributed by atoms with Crippen LogP contribution in [0.1, 0.15) is 37.4 Å². The van der Waals surface area contributed by atoms with E-state index in [-0.39, 0.29) is 23.7 Å². The number of fused-ring (bicyclic) bond motifs is 2. The van der Waals surface area contributed by atoms with Gasteiger partial charge in [-0.2, -0.15) is 4.98 Å². The normalized spacial score (nSPS) is 21.0. The van der Waals surface area contributed by atoms with Crippen LogP contribution < -0.4 is 20.8 Å². The monoisotopic (exact) mass is 408 g/mol. The minimum Gasteiger partial charge on any atom is -0.486 e. The Hall–Kier alpha value is -3.13. The van der Waals surface area contributed by atoms with Gasteiger partial charge >= 0.3 is 0 Å². The first-order valence-corrected chi connectivity index (χ1v) is 10.3. The summed E-state index contributed by atoms with van der Waals surface area (Å²) in [6.45, 7) is 2.86. The molecule has 0 saturated heterocycles. The molecular formula is C22H24N4O4. The van der Waals surface area contributed by atoms with E-state index in [1.165, 1.54) is 0 Å². The second-order valence-electron chi connectivity index (χ2n) is 7.96. The Kier molecular flexibility index (Phi) is 4.58. The van der Waals surface area contributed by atoms with Crippen molar-refractivity contribution in [2.45, 2.75) is 44.8 Å². The fraction of sp³-hybridized carbons (Fsp3) is 0.409. The van der Waals surface area contributed by atoms with Gasteiger partial charge in [-0.25, -0.2) is 4.98 Å². The number of rotatable bonds is 2. The van der Waals surface area contributed by atoms with Gasteiger partial charge in [-0.1, -0.05) is 6.07 Å². The molecule has 1 aliphatic carbocycles. The molecule has 1 saturated carbocycles. The fourth-order valence-electron chi connectivity index (χ4n) is 4.45. The molecular weight excluding hydrogens is 384 g/mol. The van der Waals surface area contributed by atoms with Crippen LogP contribution in [0.25, 0.3) is 22.2 Å². The van der Waals surface area contributed by atoms with Crippen LogP contribution in [0.5, 0.6) is 11.5 Å². The van der Waals surface area contributed by atoms with Gasteiger partial charge in [0.05, 0.1) is 11.8 Å². The van der Waals surface area contributed by atoms with Gasteiger partial charge in [0.25, 0.3) is 5.56 Å². The number of aryl methyl sites for hydroxylation is 1. The van der Waals surface area contributed by atoms with Crippen LogP contribution in [0.3, 0.4) is 0 Å². The van der Waals surface area contributed by atoms with E-state index in [0.29, 0.717) is 61.6 Å². The molecule has 30 heavy (non-hydrogen) atoms. The number of ether oxygens (including phenoxy) is 2. The molecule has 2 aliphatic rings. The summed E-state index contributed by atoms with van der Waals surface area (Å²) in [4.78, 5) is 22.4. The van der Waals surface area contributed by atoms with Gasteiger partial charge in [0.15, 0.2) is 11.5 Å². The third-order valence-corrected chi connectivity index (χ3v) is 5.98. The number of hydrogen-bond donors (Lipinski definition) is 2. The number of nitrogens with two attached hydrogens (primary N) is 1. The third-order valence-electron chi connectivity index (χ3n) is 5.98. The van der Waals surface area contributed by atoms with Gasteiger partial charge in [-0.05, 0) is 56.4 Å². The van der Waals surface area contributed by atoms with Crippen molar-refractivity contribution in [3.05, 3.63) is 40.3 Å². The smallest absolute Gasteiger partial charge is 0.260 e. The second-order valence-corrected chi connectivity index (χ2v) is 7.96. The number of benzene rings is 1. The summed E-state index contributed by atoms with van der Waals surface area (Å²) in [5, 5.41) is 10.7. The first kappa shape index (κ1) is 18.9. The number of aliphatic hydroxyl groups excluding tert-OH is 1. The van der Waals surface area contributed by atoms with E-state index in [9.17, 15) is 9.90 Å². The predicted octanol–water partition coefficient (Wildman–Crippen LogP) is 2.60. The molecule has 156 valence electrons. The maximum Gasteiger partial charge on any atom is 0.260 e. The van der Waals surface area contributed by atoms with Gasteiger partial charge in [-0.3, -0.25) is 9.36 Å². The Labute approximate surface area is 173 Å². The molecule has 0 unspecified atom stereocenters. The Morgan fingerprint density at radius 1 is 1.07 bits per heavy atom. The quantitative estimate of drug-likeness (QED) is 0.670. The molecule has 0 atom stereocenters. The lowest BCUT2D eigenvalue weighted by Gasteiger charge is -2.28. The Morgan fingerprint density at radius 3 is 2.57 bits per heavy atom. The average molecular weight is 408 g/mol. The molecule has 8 heteroatoms. The molecule has 1 aromatic carbocycles. The van der Waals surface area contributed by atoms with Crippen molar-refractivity contribution in [1.82, 2.24) is 14.5 Å². The van der Waals surface area contributed by atoms with Crippen molar-refractivity contribution >= 4 is 17.0 Å². The minimum absolute atomic E-state index is 0.0470. The topological polar surface area (TPSA) is 112 Å². The predicted molar refractivity (Wildman–Crippen MR) is 113 cm³/mol. The molecule has 2 aromatic heterocycles. The summed E-state index contributed by atoms with van der Waals surface area (Å²) in [6, 6.07) is 7.35. The molecule has 1 fully saturated rings. The largest absolute Gasteiger partial charge is 0.486 e. The number of aliphatic hydroxyl groups is 1. The molecule has 3 N–H and O–H groups in total. The number of anilines is 1. The number of pyridine rings is 1. The van der Waals surface area contributed by atoms with E-state index in [4.69, 9.17) is 15.2 Å². The van der Waals surface area contributed by atoms with E-state index in [2.05, 4.69) is 9.97 Å². The van der Waals surface area contributed by atoms with Crippen molar-refractivity contribution in [3.8, 4) is 22.6 Å². The van der Waals surface area contributed by atoms with Crippen LogP contribution in [-0.2, 0) is 0 Å². The first-order chi connectivity index (χ1) is 14.5. The zero-order valence-electron chi connectivity index (χ0n) is 16.8. The van der Waals surface area contributed by atoms with E-state index < -0.39 is 0 Å². The summed E-state index contributed by atoms with van der Waals surface area (Å²) in [5.74, 6) is 1.46. The molecule has 3 aromatic rings. The Morgan fingerprint density at radius 2 is 1.80 bits per heavy atom. The van der Waals surface area contributed by atoms with E-state index >= 15 is 0 Å². The van der Waals surface area contributed by atoms with Crippen LogP contribution in [0.15, 0.2) is 29.1 Å². The molecule has 0 spiro atoms. The Balaban J connectivity index is 1.73. The first-order valence-electron chi connectivity index (χ1n) is 10.3. The van der Waals surface area contributed by atoms with Gasteiger partial charge in [0, 0.05) is 17.0 Å². The highest BCUT2D eigenvalue weighted by molar-refractivity contribution is 5.84. The van der Waals surface area contributed by atoms with Crippen LogP contribution in [0.4, 0.5) is 5.95 Å². The SMILES string of the molecule is Cc1nc(N)nc2c1cc(-c1ccc3c(c1)OCCO3)c(=O)n2C1CCC(O)CC1. The van der Waals surface area contributed by atoms with Crippen LogP contribution in [0, 0.1) is 6.92 Å². The maximum atomic E-state index is 13.7. The van der Waals surface area contributed by atoms with Crippen LogP contribution in [0.2, 0.25) is 0 Å². The number of aromatic nitrogens is 3. The zero-order valence-corrected chi connectivity index (χ0v) is 16.8. The molecule has 0 radical (unpaired) electrons. The highest BCUT2D eigenvalue weighted by Crippen LogP contribution is 2.36. The van der Waals surface area contributed by atoms with Crippen molar-refractivity contribution < 1.29 is 14.6 Å². The Bertz CT molecular complexity index is 1180. The molecule has 3 heterocycles. The minimum atomic E-state index is -0.314. The van der Waals surface area contributed by atoms with Gasteiger partial charge in [-0.15, -0.1) is 0 Å². The van der Waals surface area contributed by atoms with E-state index in [1.807, 2.05) is 31.2 Å². The second kappa shape index (κ2) is 7.28. The molecule has 0 bridgehead atoms. The van der Waals surface area contributed by atoms with Gasteiger partial charge in [0.1, 0.15) is 18.9 Å². The lowest BCUT2D eigenvalue weighted by molar-refractivity contribution is 0.111. The molecule has 8 nitrogen and oxygen atoms in total. The number of nitrogen functional groups attached to an aromatic ring is 1. The standard InChI is InChI=1S/C22H24N4O4/c1-12-16-11-17(13-2-7-18-19(10-13)30-9-8-29-18)21(28)26(20(16)25-22(23)24-12)14-3-5-15(27)6-4-14/h2,7,10-11,14-15,27H,3-6,8-9H2,1H3,(H2,23,24,25). The number of nitrogens with zero attached hydrogens (tertiary/aromatic N) is 3. The van der Waals surface area contributed by atoms with Crippen LogP contribution in [-0.4, -0.2) is 39.0 Å². The third kappa shape index (κ3) is 3.17. The highest BCUT2D eigenvalue weighted by Gasteiger charge is 2.26. The lowest BCUT2D eigenvalue weighted by atomic mass is 9.92. The number of hydrogen-bond acceptors (Lipinski definition) is 7. The molecule has 1 aliphatic heterocycles. The van der Waals surface area contributed by atoms with E-state index in [1.54, 1.807) is 4.57 Å². The van der Waals surface area contributed by atoms with Gasteiger partial charge < -0.3 is 20.3 Å². The van der Waals surface area contributed by atoms with E-state index in [0.717, 1.165) is 16.6 Å². The molecule has 5 rings (SSSR count).